The third-order valence-corrected chi connectivity index (χ3v) is 3.01. The SMILES string of the molecule is COC(=O)C(Nc1cccc(C)c1)c1ccccc1O. The molecule has 0 amide bonds. The summed E-state index contributed by atoms with van der Waals surface area (Å²) in [5.74, 6) is -0.393. The van der Waals surface area contributed by atoms with Crippen LogP contribution in [0.5, 0.6) is 5.75 Å². The number of rotatable bonds is 4. The van der Waals surface area contributed by atoms with Gasteiger partial charge in [-0.15, -0.1) is 0 Å². The Bertz CT molecular complexity index is 610. The van der Waals surface area contributed by atoms with E-state index >= 15 is 0 Å². The molecule has 0 aromatic heterocycles. The van der Waals surface area contributed by atoms with Crippen molar-refractivity contribution in [2.45, 2.75) is 13.0 Å². The highest BCUT2D eigenvalue weighted by Crippen LogP contribution is 2.28. The van der Waals surface area contributed by atoms with Crippen molar-refractivity contribution >= 4 is 11.7 Å². The van der Waals surface area contributed by atoms with Gasteiger partial charge >= 0.3 is 5.97 Å². The van der Waals surface area contributed by atoms with Gasteiger partial charge in [-0.2, -0.15) is 0 Å². The van der Waals surface area contributed by atoms with E-state index in [4.69, 9.17) is 4.74 Å². The number of aromatic hydroxyl groups is 1. The van der Waals surface area contributed by atoms with Gasteiger partial charge in [0.2, 0.25) is 0 Å². The van der Waals surface area contributed by atoms with Crippen LogP contribution < -0.4 is 5.32 Å². The van der Waals surface area contributed by atoms with Crippen LogP contribution in [0.15, 0.2) is 48.5 Å². The molecule has 0 radical (unpaired) electrons. The summed E-state index contributed by atoms with van der Waals surface area (Å²) in [4.78, 5) is 12.0. The Morgan fingerprint density at radius 1 is 1.20 bits per heavy atom. The van der Waals surface area contributed by atoms with Crippen molar-refractivity contribution in [3.8, 4) is 5.75 Å². The van der Waals surface area contributed by atoms with Crippen molar-refractivity contribution < 1.29 is 14.6 Å². The second-order valence-electron chi connectivity index (χ2n) is 4.53. The number of anilines is 1. The van der Waals surface area contributed by atoms with E-state index in [-0.39, 0.29) is 5.75 Å². The summed E-state index contributed by atoms with van der Waals surface area (Å²) in [6.07, 6.45) is 0. The number of aryl methyl sites for hydroxylation is 1. The number of esters is 1. The molecule has 2 N–H and O–H groups in total. The van der Waals surface area contributed by atoms with Gasteiger partial charge in [-0.1, -0.05) is 30.3 Å². The fourth-order valence-corrected chi connectivity index (χ4v) is 2.01. The molecule has 0 fully saturated rings. The summed E-state index contributed by atoms with van der Waals surface area (Å²) in [5, 5.41) is 13.0. The van der Waals surface area contributed by atoms with Gasteiger partial charge in [-0.05, 0) is 30.7 Å². The summed E-state index contributed by atoms with van der Waals surface area (Å²) in [5.41, 5.74) is 2.36. The molecule has 0 spiro atoms. The smallest absolute Gasteiger partial charge is 0.333 e. The Morgan fingerprint density at radius 3 is 2.60 bits per heavy atom. The van der Waals surface area contributed by atoms with E-state index in [1.54, 1.807) is 24.3 Å². The zero-order chi connectivity index (χ0) is 14.5. The van der Waals surface area contributed by atoms with E-state index in [1.807, 2.05) is 31.2 Å². The zero-order valence-corrected chi connectivity index (χ0v) is 11.5. The molecule has 0 saturated heterocycles. The standard InChI is InChI=1S/C16H17NO3/c1-11-6-5-7-12(10-11)17-15(16(19)20-2)13-8-3-4-9-14(13)18/h3-10,15,17-18H,1-2H3. The van der Waals surface area contributed by atoms with Crippen LogP contribution in [0.2, 0.25) is 0 Å². The summed E-state index contributed by atoms with van der Waals surface area (Å²) in [6.45, 7) is 1.97. The van der Waals surface area contributed by atoms with Gasteiger partial charge < -0.3 is 15.2 Å². The van der Waals surface area contributed by atoms with Crippen molar-refractivity contribution in [2.24, 2.45) is 0 Å². The first-order valence-electron chi connectivity index (χ1n) is 6.30. The van der Waals surface area contributed by atoms with E-state index in [0.717, 1.165) is 11.3 Å². The van der Waals surface area contributed by atoms with Crippen molar-refractivity contribution in [1.82, 2.24) is 0 Å². The Labute approximate surface area is 118 Å². The number of carbonyl (C=O) groups excluding carboxylic acids is 1. The normalized spacial score (nSPS) is 11.7. The highest BCUT2D eigenvalue weighted by atomic mass is 16.5. The van der Waals surface area contributed by atoms with Crippen LogP contribution in [0.4, 0.5) is 5.69 Å². The summed E-state index contributed by atoms with van der Waals surface area (Å²) in [6, 6.07) is 13.6. The summed E-state index contributed by atoms with van der Waals surface area (Å²) >= 11 is 0. The predicted molar refractivity (Wildman–Crippen MR) is 77.7 cm³/mol. The fourth-order valence-electron chi connectivity index (χ4n) is 2.01. The Balaban J connectivity index is 2.34. The average Bonchev–Trinajstić information content (AvgIpc) is 2.45. The van der Waals surface area contributed by atoms with Crippen LogP contribution in [-0.2, 0) is 9.53 Å². The van der Waals surface area contributed by atoms with Gasteiger partial charge in [0, 0.05) is 11.3 Å². The lowest BCUT2D eigenvalue weighted by atomic mass is 10.1. The number of ether oxygens (including phenoxy) is 1. The molecule has 0 aliphatic heterocycles. The second kappa shape index (κ2) is 6.10. The first-order chi connectivity index (χ1) is 9.61. The van der Waals surface area contributed by atoms with Gasteiger partial charge in [-0.3, -0.25) is 0 Å². The predicted octanol–water partition coefficient (Wildman–Crippen LogP) is 3.03. The van der Waals surface area contributed by atoms with Crippen LogP contribution in [0.1, 0.15) is 17.2 Å². The van der Waals surface area contributed by atoms with Gasteiger partial charge in [0.1, 0.15) is 5.75 Å². The van der Waals surface area contributed by atoms with Crippen molar-refractivity contribution in [2.75, 3.05) is 12.4 Å². The van der Waals surface area contributed by atoms with Crippen LogP contribution in [0, 0.1) is 6.92 Å². The highest BCUT2D eigenvalue weighted by Gasteiger charge is 2.23. The van der Waals surface area contributed by atoms with E-state index in [1.165, 1.54) is 7.11 Å². The maximum Gasteiger partial charge on any atom is 0.333 e. The van der Waals surface area contributed by atoms with Crippen LogP contribution in [0.25, 0.3) is 0 Å². The molecule has 0 bridgehead atoms. The van der Waals surface area contributed by atoms with Gasteiger partial charge in [0.25, 0.3) is 0 Å². The minimum absolute atomic E-state index is 0.0584. The average molecular weight is 271 g/mol. The Hall–Kier alpha value is -2.49. The number of methoxy groups -OCH3 is 1. The monoisotopic (exact) mass is 271 g/mol. The summed E-state index contributed by atoms with van der Waals surface area (Å²) in [7, 11) is 1.33. The van der Waals surface area contributed by atoms with Crippen LogP contribution in [0.3, 0.4) is 0 Å². The molecule has 0 aliphatic rings. The molecule has 20 heavy (non-hydrogen) atoms. The number of nitrogens with one attached hydrogen (secondary N) is 1. The third-order valence-electron chi connectivity index (χ3n) is 3.01. The van der Waals surface area contributed by atoms with Crippen molar-refractivity contribution in [1.29, 1.82) is 0 Å². The minimum Gasteiger partial charge on any atom is -0.508 e. The fraction of sp³-hybridized carbons (Fsp3) is 0.188. The van der Waals surface area contributed by atoms with Crippen LogP contribution in [-0.4, -0.2) is 18.2 Å². The number of benzene rings is 2. The summed E-state index contributed by atoms with van der Waals surface area (Å²) < 4.78 is 4.81. The number of carbonyl (C=O) groups is 1. The molecular weight excluding hydrogens is 254 g/mol. The molecule has 2 aromatic rings. The molecule has 2 aromatic carbocycles. The molecule has 4 heteroatoms. The first-order valence-corrected chi connectivity index (χ1v) is 6.30. The van der Waals surface area contributed by atoms with Crippen molar-refractivity contribution in [3.63, 3.8) is 0 Å². The maximum absolute atomic E-state index is 12.0. The largest absolute Gasteiger partial charge is 0.508 e. The highest BCUT2D eigenvalue weighted by molar-refractivity contribution is 5.82. The lowest BCUT2D eigenvalue weighted by Gasteiger charge is -2.19. The molecule has 1 unspecified atom stereocenters. The lowest BCUT2D eigenvalue weighted by molar-refractivity contribution is -0.141. The maximum atomic E-state index is 12.0. The molecule has 1 atom stereocenters. The topological polar surface area (TPSA) is 58.6 Å². The molecule has 0 saturated carbocycles. The lowest BCUT2D eigenvalue weighted by Crippen LogP contribution is -2.22. The molecular formula is C16H17NO3. The Morgan fingerprint density at radius 2 is 1.95 bits per heavy atom. The van der Waals surface area contributed by atoms with Gasteiger partial charge in [0.05, 0.1) is 7.11 Å². The molecule has 4 nitrogen and oxygen atoms in total. The molecule has 0 heterocycles. The number of phenols is 1. The number of hydrogen-bond acceptors (Lipinski definition) is 4. The number of hydrogen-bond donors (Lipinski definition) is 2. The van der Waals surface area contributed by atoms with Crippen LogP contribution >= 0.6 is 0 Å². The molecule has 0 aliphatic carbocycles. The first kappa shape index (κ1) is 13.9. The zero-order valence-electron chi connectivity index (χ0n) is 11.5. The van der Waals surface area contributed by atoms with Gasteiger partial charge in [0.15, 0.2) is 6.04 Å². The minimum atomic E-state index is -0.747. The molecule has 2 rings (SSSR count). The van der Waals surface area contributed by atoms with E-state index in [2.05, 4.69) is 5.32 Å². The quantitative estimate of drug-likeness (QED) is 0.839. The van der Waals surface area contributed by atoms with E-state index in [9.17, 15) is 9.90 Å². The van der Waals surface area contributed by atoms with Crippen molar-refractivity contribution in [3.05, 3.63) is 59.7 Å². The number of phenolic OH excluding ortho intramolecular Hbond substituents is 1. The van der Waals surface area contributed by atoms with E-state index in [0.29, 0.717) is 5.56 Å². The molecule has 104 valence electrons. The van der Waals surface area contributed by atoms with Gasteiger partial charge in [-0.25, -0.2) is 4.79 Å². The second-order valence-corrected chi connectivity index (χ2v) is 4.53. The van der Waals surface area contributed by atoms with E-state index < -0.39 is 12.0 Å². The third kappa shape index (κ3) is 3.09. The number of para-hydroxylation sites is 1. The Kier molecular flexibility index (Phi) is 4.25.